The molecule has 0 aliphatic heterocycles. The number of hydrogen-bond donors (Lipinski definition) is 1. The lowest BCUT2D eigenvalue weighted by molar-refractivity contribution is -0.117. The first-order valence-electron chi connectivity index (χ1n) is 7.23. The third-order valence-corrected chi connectivity index (χ3v) is 3.66. The van der Waals surface area contributed by atoms with E-state index < -0.39 is 12.3 Å². The minimum atomic E-state index is -2.66. The number of anilines is 1. The van der Waals surface area contributed by atoms with Gasteiger partial charge in [0.15, 0.2) is 0 Å². The number of amides is 1. The molecule has 1 aliphatic carbocycles. The Morgan fingerprint density at radius 3 is 2.83 bits per heavy atom. The second kappa shape index (κ2) is 6.16. The summed E-state index contributed by atoms with van der Waals surface area (Å²) in [5.74, 6) is -0.201. The van der Waals surface area contributed by atoms with Gasteiger partial charge in [-0.05, 0) is 31.0 Å². The maximum Gasteiger partial charge on any atom is 0.282 e. The first-order valence-corrected chi connectivity index (χ1v) is 7.23. The Morgan fingerprint density at radius 1 is 1.43 bits per heavy atom. The molecule has 0 radical (unpaired) electrons. The lowest BCUT2D eigenvalue weighted by Gasteiger charge is -2.09. The number of hydrogen-bond acceptors (Lipinski definition) is 3. The maximum atomic E-state index is 12.8. The summed E-state index contributed by atoms with van der Waals surface area (Å²) in [5, 5.41) is 15.5. The van der Waals surface area contributed by atoms with Crippen LogP contribution in [0.2, 0.25) is 0 Å². The van der Waals surface area contributed by atoms with Crippen molar-refractivity contribution in [1.82, 2.24) is 9.78 Å². The quantitative estimate of drug-likeness (QED) is 0.920. The number of rotatable bonds is 5. The van der Waals surface area contributed by atoms with Crippen LogP contribution < -0.4 is 5.32 Å². The fourth-order valence-electron chi connectivity index (χ4n) is 2.41. The Bertz CT molecular complexity index is 775. The second-order valence-electron chi connectivity index (χ2n) is 5.43. The molecule has 1 aliphatic rings. The number of carbonyl (C=O) groups is 1. The summed E-state index contributed by atoms with van der Waals surface area (Å²) in [6.07, 6.45) is -0.809. The van der Waals surface area contributed by atoms with E-state index in [0.717, 1.165) is 12.8 Å². The van der Waals surface area contributed by atoms with Crippen molar-refractivity contribution in [3.05, 3.63) is 47.3 Å². The van der Waals surface area contributed by atoms with E-state index in [-0.39, 0.29) is 18.2 Å². The van der Waals surface area contributed by atoms with Crippen LogP contribution >= 0.6 is 0 Å². The predicted octanol–water partition coefficient (Wildman–Crippen LogP) is 3.21. The Balaban J connectivity index is 1.76. The summed E-state index contributed by atoms with van der Waals surface area (Å²) in [6, 6.07) is 9.97. The van der Waals surface area contributed by atoms with Gasteiger partial charge >= 0.3 is 0 Å². The molecular formula is C16H14F2N4O. The van der Waals surface area contributed by atoms with Crippen LogP contribution in [0.4, 0.5) is 14.5 Å². The van der Waals surface area contributed by atoms with Crippen LogP contribution in [-0.2, 0) is 11.3 Å². The van der Waals surface area contributed by atoms with Crippen molar-refractivity contribution in [3.8, 4) is 6.07 Å². The van der Waals surface area contributed by atoms with Crippen LogP contribution in [0.1, 0.15) is 42.1 Å². The first kappa shape index (κ1) is 15.2. The Labute approximate surface area is 131 Å². The van der Waals surface area contributed by atoms with Gasteiger partial charge in [0.2, 0.25) is 5.91 Å². The van der Waals surface area contributed by atoms with Crippen LogP contribution in [0.15, 0.2) is 30.3 Å². The number of para-hydroxylation sites is 1. The maximum absolute atomic E-state index is 12.8. The molecular weight excluding hydrogens is 302 g/mol. The molecule has 1 aromatic heterocycles. The Hall–Kier alpha value is -2.75. The van der Waals surface area contributed by atoms with Crippen molar-refractivity contribution in [1.29, 1.82) is 5.26 Å². The molecule has 1 amide bonds. The molecule has 118 valence electrons. The highest BCUT2D eigenvalue weighted by atomic mass is 19.3. The normalized spacial score (nSPS) is 13.8. The number of aromatic nitrogens is 2. The number of carbonyl (C=O) groups excluding carboxylic acids is 1. The third-order valence-electron chi connectivity index (χ3n) is 3.66. The zero-order valence-electron chi connectivity index (χ0n) is 12.2. The highest BCUT2D eigenvalue weighted by Gasteiger charge is 2.30. The van der Waals surface area contributed by atoms with E-state index >= 15 is 0 Å². The van der Waals surface area contributed by atoms with Crippen molar-refractivity contribution in [2.45, 2.75) is 31.7 Å². The lowest BCUT2D eigenvalue weighted by Crippen LogP contribution is -2.21. The molecule has 1 N–H and O–H groups in total. The Kier molecular flexibility index (Phi) is 4.06. The van der Waals surface area contributed by atoms with E-state index in [1.807, 2.05) is 6.07 Å². The number of nitriles is 1. The van der Waals surface area contributed by atoms with Gasteiger partial charge in [-0.2, -0.15) is 10.4 Å². The molecule has 1 heterocycles. The minimum absolute atomic E-state index is 0.154. The summed E-state index contributed by atoms with van der Waals surface area (Å²) in [7, 11) is 0. The van der Waals surface area contributed by atoms with Gasteiger partial charge in [0, 0.05) is 11.6 Å². The average Bonchev–Trinajstić information content (AvgIpc) is 3.28. The van der Waals surface area contributed by atoms with Crippen LogP contribution in [0.25, 0.3) is 0 Å². The number of nitrogens with one attached hydrogen (secondary N) is 1. The summed E-state index contributed by atoms with van der Waals surface area (Å²) < 4.78 is 27.0. The number of benzene rings is 1. The van der Waals surface area contributed by atoms with E-state index in [4.69, 9.17) is 5.26 Å². The molecule has 23 heavy (non-hydrogen) atoms. The highest BCUT2D eigenvalue weighted by molar-refractivity contribution is 5.91. The van der Waals surface area contributed by atoms with Gasteiger partial charge in [0.25, 0.3) is 6.43 Å². The van der Waals surface area contributed by atoms with Gasteiger partial charge in [-0.1, -0.05) is 12.1 Å². The lowest BCUT2D eigenvalue weighted by atomic mass is 10.2. The van der Waals surface area contributed by atoms with Crippen molar-refractivity contribution < 1.29 is 13.6 Å². The predicted molar refractivity (Wildman–Crippen MR) is 78.9 cm³/mol. The topological polar surface area (TPSA) is 70.7 Å². The van der Waals surface area contributed by atoms with Crippen LogP contribution in [0, 0.1) is 11.3 Å². The molecule has 0 spiro atoms. The van der Waals surface area contributed by atoms with Gasteiger partial charge in [-0.3, -0.25) is 9.48 Å². The van der Waals surface area contributed by atoms with E-state index in [9.17, 15) is 13.6 Å². The molecule has 3 rings (SSSR count). The van der Waals surface area contributed by atoms with Gasteiger partial charge in [-0.15, -0.1) is 0 Å². The zero-order valence-corrected chi connectivity index (χ0v) is 12.2. The highest BCUT2D eigenvalue weighted by Crippen LogP contribution is 2.41. The van der Waals surface area contributed by atoms with Gasteiger partial charge < -0.3 is 5.32 Å². The number of alkyl halides is 2. The standard InChI is InChI=1S/C16H14F2N4O/c17-16(18)13-7-14(10-5-6-10)22(21-13)9-15(23)20-12-4-2-1-3-11(12)8-19/h1-4,7,10,16H,5-6,9H2,(H,20,23). The van der Waals surface area contributed by atoms with E-state index in [1.54, 1.807) is 24.3 Å². The average molecular weight is 316 g/mol. The molecule has 1 aromatic carbocycles. The van der Waals surface area contributed by atoms with Crippen molar-refractivity contribution >= 4 is 11.6 Å². The van der Waals surface area contributed by atoms with Gasteiger partial charge in [0.1, 0.15) is 18.3 Å². The fourth-order valence-corrected chi connectivity index (χ4v) is 2.41. The minimum Gasteiger partial charge on any atom is -0.323 e. The summed E-state index contributed by atoms with van der Waals surface area (Å²) >= 11 is 0. The SMILES string of the molecule is N#Cc1ccccc1NC(=O)Cn1nc(C(F)F)cc1C1CC1. The molecule has 0 saturated heterocycles. The second-order valence-corrected chi connectivity index (χ2v) is 5.43. The van der Waals surface area contributed by atoms with Crippen LogP contribution in [-0.4, -0.2) is 15.7 Å². The monoisotopic (exact) mass is 316 g/mol. The van der Waals surface area contributed by atoms with E-state index in [0.29, 0.717) is 16.9 Å². The zero-order chi connectivity index (χ0) is 16.4. The van der Waals surface area contributed by atoms with E-state index in [2.05, 4.69) is 10.4 Å². The van der Waals surface area contributed by atoms with Crippen LogP contribution in [0.3, 0.4) is 0 Å². The first-order chi connectivity index (χ1) is 11.1. The molecule has 7 heteroatoms. The van der Waals surface area contributed by atoms with Crippen molar-refractivity contribution in [2.24, 2.45) is 0 Å². The molecule has 5 nitrogen and oxygen atoms in total. The summed E-state index contributed by atoms with van der Waals surface area (Å²) in [4.78, 5) is 12.2. The summed E-state index contributed by atoms with van der Waals surface area (Å²) in [6.45, 7) is -0.154. The molecule has 0 atom stereocenters. The smallest absolute Gasteiger partial charge is 0.282 e. The van der Waals surface area contributed by atoms with Crippen molar-refractivity contribution in [3.63, 3.8) is 0 Å². The van der Waals surface area contributed by atoms with Gasteiger partial charge in [0.05, 0.1) is 11.3 Å². The molecule has 0 unspecified atom stereocenters. The summed E-state index contributed by atoms with van der Waals surface area (Å²) in [5.41, 5.74) is 1.10. The van der Waals surface area contributed by atoms with Crippen LogP contribution in [0.5, 0.6) is 0 Å². The van der Waals surface area contributed by atoms with Crippen molar-refractivity contribution in [2.75, 3.05) is 5.32 Å². The molecule has 1 saturated carbocycles. The largest absolute Gasteiger partial charge is 0.323 e. The fraction of sp³-hybridized carbons (Fsp3) is 0.312. The Morgan fingerprint density at radius 2 is 2.17 bits per heavy atom. The molecule has 0 bridgehead atoms. The van der Waals surface area contributed by atoms with E-state index in [1.165, 1.54) is 10.7 Å². The number of halogens is 2. The molecule has 1 fully saturated rings. The third kappa shape index (κ3) is 3.37. The van der Waals surface area contributed by atoms with Gasteiger partial charge in [-0.25, -0.2) is 8.78 Å². The number of nitrogens with zero attached hydrogens (tertiary/aromatic N) is 3. The molecule has 2 aromatic rings.